The van der Waals surface area contributed by atoms with Gasteiger partial charge in [-0.2, -0.15) is 0 Å². The van der Waals surface area contributed by atoms with E-state index in [1.807, 2.05) is 0 Å². The van der Waals surface area contributed by atoms with Crippen LogP contribution < -0.4 is 4.74 Å². The first-order chi connectivity index (χ1) is 10.5. The number of aliphatic hydroxyl groups excluding tert-OH is 1. The standard InChI is InChI=1S/C16H17NO5/c1-8-7-16(15(20)22-3)10-4-5-12(21-2)17-11(10)6-9(13(8)18)14(16)19/h4-5,9,18H,6-7H2,1-3H3. The molecular weight excluding hydrogens is 286 g/mol. The van der Waals surface area contributed by atoms with E-state index < -0.39 is 17.3 Å². The van der Waals surface area contributed by atoms with Crippen LogP contribution in [0.4, 0.5) is 0 Å². The molecule has 2 unspecified atom stereocenters. The highest BCUT2D eigenvalue weighted by molar-refractivity contribution is 6.13. The van der Waals surface area contributed by atoms with Crippen LogP contribution in [0.2, 0.25) is 0 Å². The number of hydrogen-bond acceptors (Lipinski definition) is 6. The van der Waals surface area contributed by atoms with Crippen LogP contribution >= 0.6 is 0 Å². The Kier molecular flexibility index (Phi) is 3.20. The zero-order valence-corrected chi connectivity index (χ0v) is 12.7. The smallest absolute Gasteiger partial charge is 0.324 e. The number of methoxy groups -OCH3 is 2. The summed E-state index contributed by atoms with van der Waals surface area (Å²) in [6.45, 7) is 1.73. The molecule has 22 heavy (non-hydrogen) atoms. The molecule has 0 saturated carbocycles. The Morgan fingerprint density at radius 3 is 2.77 bits per heavy atom. The highest BCUT2D eigenvalue weighted by Gasteiger charge is 2.58. The number of aliphatic hydroxyl groups is 1. The molecule has 2 aliphatic rings. The number of Topliss-reactive ketones (excluding diaryl/α,β-unsaturated/α-hetero) is 1. The lowest BCUT2D eigenvalue weighted by Gasteiger charge is -2.42. The third kappa shape index (κ3) is 1.70. The van der Waals surface area contributed by atoms with Crippen LogP contribution in [0.15, 0.2) is 23.5 Å². The van der Waals surface area contributed by atoms with Gasteiger partial charge in [-0.25, -0.2) is 4.98 Å². The predicted molar refractivity (Wildman–Crippen MR) is 76.6 cm³/mol. The van der Waals surface area contributed by atoms with Crippen LogP contribution in [0, 0.1) is 5.92 Å². The summed E-state index contributed by atoms with van der Waals surface area (Å²) in [6, 6.07) is 3.33. The average Bonchev–Trinajstić information content (AvgIpc) is 2.53. The second-order valence-corrected chi connectivity index (χ2v) is 5.71. The van der Waals surface area contributed by atoms with Crippen LogP contribution in [-0.4, -0.2) is 36.1 Å². The molecule has 1 aromatic rings. The molecular formula is C16H17NO5. The number of aromatic nitrogens is 1. The van der Waals surface area contributed by atoms with Gasteiger partial charge in [0.05, 0.1) is 25.8 Å². The van der Waals surface area contributed by atoms with E-state index in [1.54, 1.807) is 19.1 Å². The zero-order valence-electron chi connectivity index (χ0n) is 12.7. The van der Waals surface area contributed by atoms with Crippen LogP contribution in [0.3, 0.4) is 0 Å². The second kappa shape index (κ2) is 4.83. The van der Waals surface area contributed by atoms with Crippen LogP contribution in [-0.2, 0) is 26.2 Å². The fraction of sp³-hybridized carbons (Fsp3) is 0.438. The van der Waals surface area contributed by atoms with E-state index in [-0.39, 0.29) is 24.4 Å². The lowest BCUT2D eigenvalue weighted by molar-refractivity contribution is -0.154. The number of ketones is 1. The summed E-state index contributed by atoms with van der Waals surface area (Å²) in [6.07, 6.45) is 0.370. The summed E-state index contributed by atoms with van der Waals surface area (Å²) >= 11 is 0. The lowest BCUT2D eigenvalue weighted by Crippen LogP contribution is -2.54. The highest BCUT2D eigenvalue weighted by atomic mass is 16.5. The molecule has 2 aliphatic carbocycles. The van der Waals surface area contributed by atoms with Gasteiger partial charge in [0, 0.05) is 12.5 Å². The van der Waals surface area contributed by atoms with Gasteiger partial charge in [0.1, 0.15) is 5.76 Å². The van der Waals surface area contributed by atoms with Gasteiger partial charge in [0.25, 0.3) is 0 Å². The lowest BCUT2D eigenvalue weighted by atomic mass is 9.59. The topological polar surface area (TPSA) is 85.7 Å². The molecule has 1 heterocycles. The third-order valence-electron chi connectivity index (χ3n) is 4.58. The molecule has 6 nitrogen and oxygen atoms in total. The molecule has 2 bridgehead atoms. The number of rotatable bonds is 2. The first-order valence-electron chi connectivity index (χ1n) is 7.01. The summed E-state index contributed by atoms with van der Waals surface area (Å²) in [7, 11) is 2.76. The van der Waals surface area contributed by atoms with Crippen molar-refractivity contribution >= 4 is 11.8 Å². The molecule has 0 spiro atoms. The molecule has 0 radical (unpaired) electrons. The Morgan fingerprint density at radius 2 is 2.14 bits per heavy atom. The van der Waals surface area contributed by atoms with Crippen molar-refractivity contribution in [1.29, 1.82) is 0 Å². The Labute approximate surface area is 127 Å². The molecule has 0 aliphatic heterocycles. The van der Waals surface area contributed by atoms with Gasteiger partial charge in [-0.05, 0) is 24.5 Å². The predicted octanol–water partition coefficient (Wildman–Crippen LogP) is 1.48. The SMILES string of the molecule is COC(=O)C12CC(C)=C(O)C(Cc3nc(OC)ccc31)C2=O. The summed E-state index contributed by atoms with van der Waals surface area (Å²) in [4.78, 5) is 29.7. The number of fused-ring (bicyclic) bond motifs is 4. The number of carbonyl (C=O) groups excluding carboxylic acids is 2. The molecule has 2 atom stereocenters. The Hall–Kier alpha value is -2.37. The van der Waals surface area contributed by atoms with Gasteiger partial charge in [0.2, 0.25) is 5.88 Å². The van der Waals surface area contributed by atoms with Crippen molar-refractivity contribution in [2.45, 2.75) is 25.2 Å². The number of hydrogen-bond donors (Lipinski definition) is 1. The quantitative estimate of drug-likeness (QED) is 0.658. The van der Waals surface area contributed by atoms with E-state index >= 15 is 0 Å². The van der Waals surface area contributed by atoms with Crippen LogP contribution in [0.1, 0.15) is 24.6 Å². The van der Waals surface area contributed by atoms with Crippen molar-refractivity contribution in [1.82, 2.24) is 4.98 Å². The van der Waals surface area contributed by atoms with Crippen molar-refractivity contribution in [2.24, 2.45) is 5.92 Å². The van der Waals surface area contributed by atoms with Gasteiger partial charge in [-0.1, -0.05) is 6.07 Å². The zero-order chi connectivity index (χ0) is 16.1. The van der Waals surface area contributed by atoms with Crippen molar-refractivity contribution in [3.05, 3.63) is 34.7 Å². The van der Waals surface area contributed by atoms with Gasteiger partial charge in [-0.3, -0.25) is 9.59 Å². The number of carbonyl (C=O) groups is 2. The fourth-order valence-electron chi connectivity index (χ4n) is 3.50. The highest BCUT2D eigenvalue weighted by Crippen LogP contribution is 2.48. The molecule has 0 amide bonds. The van der Waals surface area contributed by atoms with Crippen molar-refractivity contribution in [3.8, 4) is 5.88 Å². The first kappa shape index (κ1) is 14.6. The third-order valence-corrected chi connectivity index (χ3v) is 4.58. The maximum absolute atomic E-state index is 12.8. The fourth-order valence-corrected chi connectivity index (χ4v) is 3.50. The van der Waals surface area contributed by atoms with Crippen LogP contribution in [0.25, 0.3) is 0 Å². The van der Waals surface area contributed by atoms with Gasteiger partial charge in [-0.15, -0.1) is 0 Å². The number of esters is 1. The molecule has 0 saturated heterocycles. The molecule has 6 heteroatoms. The minimum atomic E-state index is -1.41. The maximum atomic E-state index is 12.8. The van der Waals surface area contributed by atoms with Crippen molar-refractivity contribution in [2.75, 3.05) is 14.2 Å². The first-order valence-corrected chi connectivity index (χ1v) is 7.01. The van der Waals surface area contributed by atoms with Gasteiger partial charge in [0.15, 0.2) is 11.2 Å². The summed E-state index contributed by atoms with van der Waals surface area (Å²) in [5, 5.41) is 10.2. The second-order valence-electron chi connectivity index (χ2n) is 5.71. The Balaban J connectivity index is 2.28. The van der Waals surface area contributed by atoms with E-state index in [2.05, 4.69) is 4.98 Å². The number of pyridine rings is 1. The van der Waals surface area contributed by atoms with Gasteiger partial charge >= 0.3 is 5.97 Å². The molecule has 0 aromatic carbocycles. The minimum Gasteiger partial charge on any atom is -0.512 e. The minimum absolute atomic E-state index is 0.0415. The van der Waals surface area contributed by atoms with E-state index in [0.29, 0.717) is 22.7 Å². The van der Waals surface area contributed by atoms with Crippen molar-refractivity contribution in [3.63, 3.8) is 0 Å². The summed E-state index contributed by atoms with van der Waals surface area (Å²) < 4.78 is 10.0. The summed E-state index contributed by atoms with van der Waals surface area (Å²) in [5.41, 5.74) is 0.362. The normalized spacial score (nSPS) is 26.5. The van der Waals surface area contributed by atoms with Crippen LogP contribution in [0.5, 0.6) is 5.88 Å². The average molecular weight is 303 g/mol. The monoisotopic (exact) mass is 303 g/mol. The molecule has 0 fully saturated rings. The number of ether oxygens (including phenoxy) is 2. The molecule has 116 valence electrons. The largest absolute Gasteiger partial charge is 0.512 e. The number of allylic oxidation sites excluding steroid dienone is 2. The van der Waals surface area contributed by atoms with E-state index in [9.17, 15) is 14.7 Å². The van der Waals surface area contributed by atoms with E-state index in [1.165, 1.54) is 14.2 Å². The van der Waals surface area contributed by atoms with Crippen molar-refractivity contribution < 1.29 is 24.2 Å². The Bertz CT molecular complexity index is 708. The Morgan fingerprint density at radius 1 is 1.41 bits per heavy atom. The molecule has 1 N–H and O–H groups in total. The van der Waals surface area contributed by atoms with Gasteiger partial charge < -0.3 is 14.6 Å². The van der Waals surface area contributed by atoms with E-state index in [0.717, 1.165) is 0 Å². The molecule has 3 rings (SSSR count). The number of nitrogens with zero attached hydrogens (tertiary/aromatic N) is 1. The molecule has 1 aromatic heterocycles. The summed E-state index contributed by atoms with van der Waals surface area (Å²) in [5.74, 6) is -1.23. The van der Waals surface area contributed by atoms with E-state index in [4.69, 9.17) is 9.47 Å². The maximum Gasteiger partial charge on any atom is 0.324 e.